The second kappa shape index (κ2) is 3.76. The lowest BCUT2D eigenvalue weighted by Crippen LogP contribution is -2.16. The molecule has 0 amide bonds. The van der Waals surface area contributed by atoms with Crippen molar-refractivity contribution < 1.29 is 0 Å². The van der Waals surface area contributed by atoms with Crippen LogP contribution in [0.5, 0.6) is 0 Å². The Morgan fingerprint density at radius 2 is 1.38 bits per heavy atom. The van der Waals surface area contributed by atoms with Gasteiger partial charge in [0.15, 0.2) is 0 Å². The van der Waals surface area contributed by atoms with Gasteiger partial charge < -0.3 is 5.32 Å². The van der Waals surface area contributed by atoms with Crippen LogP contribution >= 0.6 is 0 Å². The molecule has 16 heavy (non-hydrogen) atoms. The van der Waals surface area contributed by atoms with Gasteiger partial charge in [0, 0.05) is 12.5 Å². The van der Waals surface area contributed by atoms with Crippen LogP contribution in [0.1, 0.15) is 17.0 Å². The highest BCUT2D eigenvalue weighted by Gasteiger charge is 2.26. The number of likely N-dealkylation sites (N-methyl/N-ethyl adjacent to an activating group) is 1. The van der Waals surface area contributed by atoms with Gasteiger partial charge in [-0.3, -0.25) is 0 Å². The van der Waals surface area contributed by atoms with Crippen LogP contribution in [-0.4, -0.2) is 13.6 Å². The highest BCUT2D eigenvalue weighted by atomic mass is 14.8. The molecule has 0 atom stereocenters. The summed E-state index contributed by atoms with van der Waals surface area (Å²) in [5.41, 5.74) is 5.72. The lowest BCUT2D eigenvalue weighted by Gasteiger charge is -2.12. The van der Waals surface area contributed by atoms with E-state index in [1.165, 1.54) is 22.3 Å². The van der Waals surface area contributed by atoms with Crippen LogP contribution in [0.15, 0.2) is 48.5 Å². The van der Waals surface area contributed by atoms with E-state index in [-0.39, 0.29) is 0 Å². The molecule has 0 radical (unpaired) electrons. The van der Waals surface area contributed by atoms with Gasteiger partial charge in [-0.25, -0.2) is 0 Å². The molecule has 0 saturated carbocycles. The molecule has 1 aliphatic rings. The molecule has 0 fully saturated rings. The molecule has 80 valence electrons. The van der Waals surface area contributed by atoms with Gasteiger partial charge in [-0.1, -0.05) is 48.5 Å². The summed E-state index contributed by atoms with van der Waals surface area (Å²) >= 11 is 0. The van der Waals surface area contributed by atoms with Gasteiger partial charge in [0.05, 0.1) is 0 Å². The second-order valence-electron chi connectivity index (χ2n) is 4.28. The van der Waals surface area contributed by atoms with Gasteiger partial charge in [0.1, 0.15) is 0 Å². The molecule has 1 heteroatoms. The van der Waals surface area contributed by atoms with E-state index >= 15 is 0 Å². The van der Waals surface area contributed by atoms with Gasteiger partial charge in [-0.05, 0) is 29.3 Å². The summed E-state index contributed by atoms with van der Waals surface area (Å²) in [6, 6.07) is 17.5. The Morgan fingerprint density at radius 1 is 0.875 bits per heavy atom. The van der Waals surface area contributed by atoms with Crippen LogP contribution in [0.25, 0.3) is 11.1 Å². The zero-order valence-electron chi connectivity index (χ0n) is 9.40. The molecule has 0 heterocycles. The molecule has 1 nitrogen and oxygen atoms in total. The Kier molecular flexibility index (Phi) is 2.26. The highest BCUT2D eigenvalue weighted by Crippen LogP contribution is 2.43. The molecule has 0 saturated heterocycles. The van der Waals surface area contributed by atoms with Crippen molar-refractivity contribution in [3.63, 3.8) is 0 Å². The summed E-state index contributed by atoms with van der Waals surface area (Å²) in [5.74, 6) is 0.511. The SMILES string of the molecule is CNCC1c2ccccc2-c2ccccc21. The van der Waals surface area contributed by atoms with E-state index in [0.29, 0.717) is 5.92 Å². The zero-order valence-corrected chi connectivity index (χ0v) is 9.40. The van der Waals surface area contributed by atoms with Gasteiger partial charge in [0.2, 0.25) is 0 Å². The molecular formula is C15H15N. The quantitative estimate of drug-likeness (QED) is 0.801. The summed E-state index contributed by atoms with van der Waals surface area (Å²) in [6.45, 7) is 1.01. The fourth-order valence-corrected chi connectivity index (χ4v) is 2.68. The Balaban J connectivity index is 2.21. The third kappa shape index (κ3) is 1.29. The number of benzene rings is 2. The minimum Gasteiger partial charge on any atom is -0.319 e. The predicted octanol–water partition coefficient (Wildman–Crippen LogP) is 3.02. The molecule has 0 bridgehead atoms. The number of hydrogen-bond donors (Lipinski definition) is 1. The maximum absolute atomic E-state index is 3.29. The van der Waals surface area contributed by atoms with Crippen LogP contribution < -0.4 is 5.32 Å². The van der Waals surface area contributed by atoms with Gasteiger partial charge in [-0.15, -0.1) is 0 Å². The maximum Gasteiger partial charge on any atom is 0.0226 e. The molecule has 1 N–H and O–H groups in total. The van der Waals surface area contributed by atoms with Crippen molar-refractivity contribution in [3.05, 3.63) is 59.7 Å². The summed E-state index contributed by atoms with van der Waals surface area (Å²) in [4.78, 5) is 0. The first-order valence-corrected chi connectivity index (χ1v) is 5.74. The third-order valence-electron chi connectivity index (χ3n) is 3.37. The maximum atomic E-state index is 3.29. The zero-order chi connectivity index (χ0) is 11.0. The monoisotopic (exact) mass is 209 g/mol. The van der Waals surface area contributed by atoms with E-state index in [1.54, 1.807) is 0 Å². The Morgan fingerprint density at radius 3 is 1.88 bits per heavy atom. The van der Waals surface area contributed by atoms with Gasteiger partial charge in [-0.2, -0.15) is 0 Å². The smallest absolute Gasteiger partial charge is 0.0226 e. The van der Waals surface area contributed by atoms with E-state index in [2.05, 4.69) is 53.8 Å². The van der Waals surface area contributed by atoms with Crippen molar-refractivity contribution in [2.75, 3.05) is 13.6 Å². The van der Waals surface area contributed by atoms with Crippen molar-refractivity contribution in [2.24, 2.45) is 0 Å². The third-order valence-corrected chi connectivity index (χ3v) is 3.37. The first-order valence-electron chi connectivity index (χ1n) is 5.74. The van der Waals surface area contributed by atoms with E-state index in [1.807, 2.05) is 7.05 Å². The van der Waals surface area contributed by atoms with Crippen LogP contribution in [0.2, 0.25) is 0 Å². The van der Waals surface area contributed by atoms with Crippen LogP contribution in [0, 0.1) is 0 Å². The Hall–Kier alpha value is -1.60. The molecule has 0 aliphatic heterocycles. The predicted molar refractivity (Wildman–Crippen MR) is 67.6 cm³/mol. The van der Waals surface area contributed by atoms with Crippen molar-refractivity contribution in [1.29, 1.82) is 0 Å². The fraction of sp³-hybridized carbons (Fsp3) is 0.200. The first kappa shape index (κ1) is 9.61. The van der Waals surface area contributed by atoms with Crippen LogP contribution in [0.3, 0.4) is 0 Å². The van der Waals surface area contributed by atoms with E-state index in [0.717, 1.165) is 6.54 Å². The normalized spacial score (nSPS) is 13.6. The average Bonchev–Trinajstić information content (AvgIpc) is 2.66. The minimum absolute atomic E-state index is 0.511. The van der Waals surface area contributed by atoms with Gasteiger partial charge in [0.25, 0.3) is 0 Å². The molecule has 0 aromatic heterocycles. The molecule has 1 aliphatic carbocycles. The molecular weight excluding hydrogens is 194 g/mol. The van der Waals surface area contributed by atoms with E-state index in [4.69, 9.17) is 0 Å². The van der Waals surface area contributed by atoms with E-state index in [9.17, 15) is 0 Å². The molecule has 2 aromatic rings. The molecule has 2 aromatic carbocycles. The average molecular weight is 209 g/mol. The summed E-state index contributed by atoms with van der Waals surface area (Å²) in [6.07, 6.45) is 0. The van der Waals surface area contributed by atoms with Crippen LogP contribution in [0.4, 0.5) is 0 Å². The molecule has 0 unspecified atom stereocenters. The Labute approximate surface area is 96.1 Å². The molecule has 3 rings (SSSR count). The van der Waals surface area contributed by atoms with Crippen molar-refractivity contribution in [2.45, 2.75) is 5.92 Å². The molecule has 0 spiro atoms. The van der Waals surface area contributed by atoms with Crippen molar-refractivity contribution >= 4 is 0 Å². The Bertz CT molecular complexity index is 471. The highest BCUT2D eigenvalue weighted by molar-refractivity contribution is 5.78. The number of rotatable bonds is 2. The van der Waals surface area contributed by atoms with E-state index < -0.39 is 0 Å². The van der Waals surface area contributed by atoms with Crippen LogP contribution in [-0.2, 0) is 0 Å². The summed E-state index contributed by atoms with van der Waals surface area (Å²) in [5, 5.41) is 3.29. The lowest BCUT2D eigenvalue weighted by molar-refractivity contribution is 0.720. The second-order valence-corrected chi connectivity index (χ2v) is 4.28. The minimum atomic E-state index is 0.511. The first-order chi connectivity index (χ1) is 7.92. The number of fused-ring (bicyclic) bond motifs is 3. The van der Waals surface area contributed by atoms with Crippen molar-refractivity contribution in [3.8, 4) is 11.1 Å². The van der Waals surface area contributed by atoms with Gasteiger partial charge >= 0.3 is 0 Å². The van der Waals surface area contributed by atoms with Crippen molar-refractivity contribution in [1.82, 2.24) is 5.32 Å². The topological polar surface area (TPSA) is 12.0 Å². The lowest BCUT2D eigenvalue weighted by atomic mass is 9.97. The number of nitrogens with one attached hydrogen (secondary N) is 1. The number of hydrogen-bond acceptors (Lipinski definition) is 1. The summed E-state index contributed by atoms with van der Waals surface area (Å²) < 4.78 is 0. The fourth-order valence-electron chi connectivity index (χ4n) is 2.68. The standard InChI is InChI=1S/C15H15N/c1-16-10-15-13-8-4-2-6-11(13)12-7-3-5-9-14(12)15/h2-9,15-16H,10H2,1H3. The summed E-state index contributed by atoms with van der Waals surface area (Å²) in [7, 11) is 2.02. The largest absolute Gasteiger partial charge is 0.319 e.